The fourth-order valence-corrected chi connectivity index (χ4v) is 3.13. The average Bonchev–Trinajstić information content (AvgIpc) is 2.68. The average molecular weight is 405 g/mol. The summed E-state index contributed by atoms with van der Waals surface area (Å²) in [5.74, 6) is -0.533. The van der Waals surface area contributed by atoms with E-state index in [0.29, 0.717) is 44.0 Å². The predicted octanol–water partition coefficient (Wildman–Crippen LogP) is 2.23. The lowest BCUT2D eigenvalue weighted by Crippen LogP contribution is -2.47. The molecule has 0 radical (unpaired) electrons. The maximum Gasteiger partial charge on any atom is 0.407 e. The van der Waals surface area contributed by atoms with E-state index in [4.69, 9.17) is 5.11 Å². The molecule has 9 nitrogen and oxygen atoms in total. The maximum absolute atomic E-state index is 14.8. The van der Waals surface area contributed by atoms with E-state index in [2.05, 4.69) is 10.6 Å². The second-order valence-electron chi connectivity index (χ2n) is 6.97. The summed E-state index contributed by atoms with van der Waals surface area (Å²) in [6.45, 7) is 3.88. The summed E-state index contributed by atoms with van der Waals surface area (Å²) in [6, 6.07) is 3.93. The van der Waals surface area contributed by atoms with Crippen molar-refractivity contribution in [2.24, 2.45) is 0 Å². The number of anilines is 1. The van der Waals surface area contributed by atoms with Gasteiger partial charge in [0, 0.05) is 38.3 Å². The highest BCUT2D eigenvalue weighted by Crippen LogP contribution is 2.20. The fourth-order valence-electron chi connectivity index (χ4n) is 3.13. The number of urea groups is 1. The van der Waals surface area contributed by atoms with Crippen molar-refractivity contribution in [1.82, 2.24) is 20.2 Å². The Morgan fingerprint density at radius 3 is 2.59 bits per heavy atom. The molecule has 1 unspecified atom stereocenters. The summed E-state index contributed by atoms with van der Waals surface area (Å²) in [5, 5.41) is 24.7. The Morgan fingerprint density at radius 1 is 1.21 bits per heavy atom. The standard InChI is InChI=1S/C19H24FN5O4/c1-13-5-6-15(12-25(13)29)21-18(26)22-16-4-2-3-14(17(16)20)11-23-7-9-24(10-8-23)19(27)28/h2-6,12-13,29H,7-11H2,1H3,(H,27,28)(H2,21,22,26). The molecule has 1 saturated heterocycles. The summed E-state index contributed by atoms with van der Waals surface area (Å²) >= 11 is 0. The molecule has 29 heavy (non-hydrogen) atoms. The fraction of sp³-hybridized carbons (Fsp3) is 0.368. The van der Waals surface area contributed by atoms with Crippen LogP contribution in [-0.2, 0) is 6.54 Å². The number of hydrogen-bond donors (Lipinski definition) is 4. The van der Waals surface area contributed by atoms with E-state index in [-0.39, 0.29) is 11.7 Å². The van der Waals surface area contributed by atoms with Gasteiger partial charge in [-0.05, 0) is 19.1 Å². The molecule has 2 aliphatic heterocycles. The number of nitrogens with one attached hydrogen (secondary N) is 2. The smallest absolute Gasteiger partial charge is 0.407 e. The molecule has 0 bridgehead atoms. The molecule has 4 N–H and O–H groups in total. The first-order valence-electron chi connectivity index (χ1n) is 9.26. The molecule has 1 aromatic rings. The predicted molar refractivity (Wildman–Crippen MR) is 104 cm³/mol. The highest BCUT2D eigenvalue weighted by molar-refractivity contribution is 5.91. The van der Waals surface area contributed by atoms with Crippen LogP contribution >= 0.6 is 0 Å². The number of piperazine rings is 1. The molecule has 0 aliphatic carbocycles. The summed E-state index contributed by atoms with van der Waals surface area (Å²) in [4.78, 5) is 26.5. The van der Waals surface area contributed by atoms with Gasteiger partial charge in [-0.25, -0.2) is 14.0 Å². The summed E-state index contributed by atoms with van der Waals surface area (Å²) in [5.41, 5.74) is 0.827. The summed E-state index contributed by atoms with van der Waals surface area (Å²) in [7, 11) is 0. The number of benzene rings is 1. The van der Waals surface area contributed by atoms with E-state index in [1.807, 2.05) is 4.90 Å². The maximum atomic E-state index is 14.8. The normalized spacial score (nSPS) is 19.7. The molecular weight excluding hydrogens is 381 g/mol. The van der Waals surface area contributed by atoms with Crippen LogP contribution < -0.4 is 10.6 Å². The van der Waals surface area contributed by atoms with Gasteiger partial charge in [0.2, 0.25) is 0 Å². The topological polar surface area (TPSA) is 108 Å². The molecule has 1 aromatic carbocycles. The number of carbonyl (C=O) groups is 2. The molecule has 3 rings (SSSR count). The molecule has 0 aromatic heterocycles. The monoisotopic (exact) mass is 405 g/mol. The van der Waals surface area contributed by atoms with Gasteiger partial charge in [0.25, 0.3) is 0 Å². The largest absolute Gasteiger partial charge is 0.465 e. The van der Waals surface area contributed by atoms with Crippen molar-refractivity contribution < 1.29 is 24.3 Å². The van der Waals surface area contributed by atoms with Crippen molar-refractivity contribution >= 4 is 17.8 Å². The van der Waals surface area contributed by atoms with Crippen LogP contribution in [0, 0.1) is 5.82 Å². The van der Waals surface area contributed by atoms with Crippen LogP contribution in [0.15, 0.2) is 42.2 Å². The Balaban J connectivity index is 1.59. The van der Waals surface area contributed by atoms with Crippen LogP contribution in [0.3, 0.4) is 0 Å². The lowest BCUT2D eigenvalue weighted by molar-refractivity contribution is -0.0614. The van der Waals surface area contributed by atoms with Crippen molar-refractivity contribution in [2.75, 3.05) is 31.5 Å². The first-order valence-corrected chi connectivity index (χ1v) is 9.26. The number of halogens is 1. The minimum Gasteiger partial charge on any atom is -0.465 e. The van der Waals surface area contributed by atoms with E-state index >= 15 is 0 Å². The zero-order chi connectivity index (χ0) is 21.0. The van der Waals surface area contributed by atoms with Crippen LogP contribution in [0.1, 0.15) is 12.5 Å². The third kappa shape index (κ3) is 5.24. The second kappa shape index (κ2) is 8.93. The zero-order valence-corrected chi connectivity index (χ0v) is 16.0. The molecule has 10 heteroatoms. The molecule has 3 amide bonds. The van der Waals surface area contributed by atoms with Gasteiger partial charge in [0.05, 0.1) is 23.6 Å². The Hall–Kier alpha value is -3.11. The van der Waals surface area contributed by atoms with E-state index in [1.165, 1.54) is 17.2 Å². The number of nitrogens with zero attached hydrogens (tertiary/aromatic N) is 3. The molecule has 2 aliphatic rings. The molecule has 1 atom stereocenters. The van der Waals surface area contributed by atoms with Gasteiger partial charge in [-0.2, -0.15) is 0 Å². The summed E-state index contributed by atoms with van der Waals surface area (Å²) in [6.07, 6.45) is 3.78. The van der Waals surface area contributed by atoms with E-state index in [1.54, 1.807) is 31.2 Å². The van der Waals surface area contributed by atoms with Crippen molar-refractivity contribution in [3.05, 3.63) is 53.6 Å². The molecule has 2 heterocycles. The number of carbonyl (C=O) groups excluding carboxylic acids is 1. The van der Waals surface area contributed by atoms with Crippen molar-refractivity contribution in [2.45, 2.75) is 19.5 Å². The third-order valence-corrected chi connectivity index (χ3v) is 4.86. The molecular formula is C19H24FN5O4. The summed E-state index contributed by atoms with van der Waals surface area (Å²) < 4.78 is 14.8. The van der Waals surface area contributed by atoms with Crippen LogP contribution in [0.5, 0.6) is 0 Å². The van der Waals surface area contributed by atoms with Crippen LogP contribution in [0.2, 0.25) is 0 Å². The second-order valence-corrected chi connectivity index (χ2v) is 6.97. The minimum atomic E-state index is -0.949. The van der Waals surface area contributed by atoms with Gasteiger partial charge < -0.3 is 20.6 Å². The number of allylic oxidation sites excluding steroid dienone is 1. The van der Waals surface area contributed by atoms with Gasteiger partial charge in [-0.1, -0.05) is 18.2 Å². The van der Waals surface area contributed by atoms with Gasteiger partial charge >= 0.3 is 12.1 Å². The van der Waals surface area contributed by atoms with Crippen LogP contribution in [0.25, 0.3) is 0 Å². The Bertz CT molecular complexity index is 836. The first kappa shape index (κ1) is 20.6. The number of hydrogen-bond acceptors (Lipinski definition) is 5. The van der Waals surface area contributed by atoms with Crippen molar-refractivity contribution in [1.29, 1.82) is 0 Å². The Labute approximate surface area is 167 Å². The van der Waals surface area contributed by atoms with Crippen LogP contribution in [0.4, 0.5) is 19.7 Å². The van der Waals surface area contributed by atoms with Crippen LogP contribution in [-0.4, -0.2) is 69.5 Å². The van der Waals surface area contributed by atoms with Crippen molar-refractivity contribution in [3.63, 3.8) is 0 Å². The molecule has 0 saturated carbocycles. The number of amides is 3. The molecule has 156 valence electrons. The van der Waals surface area contributed by atoms with Gasteiger partial charge in [-0.15, -0.1) is 0 Å². The van der Waals surface area contributed by atoms with Crippen molar-refractivity contribution in [3.8, 4) is 0 Å². The highest BCUT2D eigenvalue weighted by atomic mass is 19.1. The van der Waals surface area contributed by atoms with Gasteiger partial charge in [0.15, 0.2) is 5.82 Å². The van der Waals surface area contributed by atoms with E-state index in [9.17, 15) is 19.2 Å². The van der Waals surface area contributed by atoms with Gasteiger partial charge in [0.1, 0.15) is 0 Å². The first-order chi connectivity index (χ1) is 13.8. The van der Waals surface area contributed by atoms with Gasteiger partial charge in [-0.3, -0.25) is 15.2 Å². The van der Waals surface area contributed by atoms with E-state index in [0.717, 1.165) is 5.06 Å². The third-order valence-electron chi connectivity index (χ3n) is 4.86. The number of hydroxylamine groups is 2. The minimum absolute atomic E-state index is 0.0405. The lowest BCUT2D eigenvalue weighted by atomic mass is 10.1. The Morgan fingerprint density at radius 2 is 1.93 bits per heavy atom. The zero-order valence-electron chi connectivity index (χ0n) is 16.0. The van der Waals surface area contributed by atoms with E-state index < -0.39 is 17.9 Å². The lowest BCUT2D eigenvalue weighted by Gasteiger charge is -2.33. The molecule has 0 spiro atoms. The SMILES string of the molecule is CC1C=CC(NC(=O)Nc2cccc(CN3CCN(C(=O)O)CC3)c2F)=CN1O. The quantitative estimate of drug-likeness (QED) is 0.612. The number of carboxylic acid groups (broad SMARTS) is 1. The highest BCUT2D eigenvalue weighted by Gasteiger charge is 2.22. The Kier molecular flexibility index (Phi) is 6.35. The molecule has 1 fully saturated rings. The number of rotatable bonds is 4.